The molecule has 2 heterocycles. The van der Waals surface area contributed by atoms with Crippen molar-refractivity contribution in [1.82, 2.24) is 15.2 Å². The lowest BCUT2D eigenvalue weighted by Gasteiger charge is -2.42. The van der Waals surface area contributed by atoms with Crippen molar-refractivity contribution in [3.63, 3.8) is 0 Å². The van der Waals surface area contributed by atoms with Crippen LogP contribution in [-0.2, 0) is 0 Å². The van der Waals surface area contributed by atoms with Crippen LogP contribution in [0.4, 0.5) is 0 Å². The van der Waals surface area contributed by atoms with Gasteiger partial charge in [0.1, 0.15) is 0 Å². The van der Waals surface area contributed by atoms with Gasteiger partial charge in [-0.05, 0) is 17.0 Å². The molecule has 1 aliphatic heterocycles. The van der Waals surface area contributed by atoms with Gasteiger partial charge < -0.3 is 5.32 Å². The molecule has 0 unspecified atom stereocenters. The lowest BCUT2D eigenvalue weighted by molar-refractivity contribution is 0.0862. The first-order valence-corrected chi connectivity index (χ1v) is 6.92. The molecule has 20 heavy (non-hydrogen) atoms. The summed E-state index contributed by atoms with van der Waals surface area (Å²) in [4.78, 5) is 6.62. The molecule has 1 aliphatic rings. The normalized spacial score (nSPS) is 17.8. The fourth-order valence-electron chi connectivity index (χ4n) is 2.76. The molecule has 2 rings (SSSR count). The summed E-state index contributed by atoms with van der Waals surface area (Å²) < 4.78 is 0. The molecule has 0 radical (unpaired) electrons. The number of hydrogen-bond donors (Lipinski definition) is 1. The van der Waals surface area contributed by atoms with Crippen LogP contribution >= 0.6 is 36.4 Å². The molecule has 0 saturated carbocycles. The number of aromatic nitrogens is 1. The smallest absolute Gasteiger partial charge is 0.0637 e. The van der Waals surface area contributed by atoms with Gasteiger partial charge in [0.2, 0.25) is 0 Å². The maximum Gasteiger partial charge on any atom is 0.0637 e. The predicted octanol–water partition coefficient (Wildman–Crippen LogP) is 3.57. The summed E-state index contributed by atoms with van der Waals surface area (Å²) in [5.74, 6) is 0. The van der Waals surface area contributed by atoms with Crippen LogP contribution in [0.3, 0.4) is 0 Å². The predicted molar refractivity (Wildman–Crippen MR) is 90.4 cm³/mol. The molecule has 0 spiro atoms. The highest BCUT2D eigenvalue weighted by atomic mass is 35.5. The highest BCUT2D eigenvalue weighted by molar-refractivity contribution is 6.31. The SMILES string of the molecule is CC(C)(C)[C@@H](c1ccncc1Cl)N1CCNCC1.Cl.Cl. The first-order valence-electron chi connectivity index (χ1n) is 6.54. The molecule has 0 aromatic carbocycles. The zero-order valence-electron chi connectivity index (χ0n) is 12.2. The van der Waals surface area contributed by atoms with Crippen molar-refractivity contribution in [2.24, 2.45) is 5.41 Å². The van der Waals surface area contributed by atoms with E-state index in [-0.39, 0.29) is 30.2 Å². The maximum absolute atomic E-state index is 6.34. The molecule has 3 nitrogen and oxygen atoms in total. The standard InChI is InChI=1S/C14H22ClN3.2ClH/c1-14(2,3)13(18-8-6-16-7-9-18)11-4-5-17-10-12(11)15;;/h4-5,10,13,16H,6-9H2,1-3H3;2*1H/t13-;;/m1../s1. The van der Waals surface area contributed by atoms with Gasteiger partial charge in [-0.15, -0.1) is 24.8 Å². The molecule has 1 fully saturated rings. The van der Waals surface area contributed by atoms with Gasteiger partial charge in [0.25, 0.3) is 0 Å². The zero-order chi connectivity index (χ0) is 13.2. The van der Waals surface area contributed by atoms with Gasteiger partial charge in [0.05, 0.1) is 5.02 Å². The van der Waals surface area contributed by atoms with Crippen molar-refractivity contribution in [1.29, 1.82) is 0 Å². The molecule has 1 saturated heterocycles. The van der Waals surface area contributed by atoms with Crippen LogP contribution in [0.2, 0.25) is 5.02 Å². The minimum atomic E-state index is 0. The number of rotatable bonds is 2. The number of nitrogens with one attached hydrogen (secondary N) is 1. The van der Waals surface area contributed by atoms with E-state index >= 15 is 0 Å². The van der Waals surface area contributed by atoms with E-state index in [9.17, 15) is 0 Å². The fraction of sp³-hybridized carbons (Fsp3) is 0.643. The molecule has 6 heteroatoms. The third-order valence-corrected chi connectivity index (χ3v) is 3.75. The number of halogens is 3. The topological polar surface area (TPSA) is 28.2 Å². The highest BCUT2D eigenvalue weighted by Crippen LogP contribution is 2.40. The number of hydrogen-bond acceptors (Lipinski definition) is 3. The quantitative estimate of drug-likeness (QED) is 0.892. The van der Waals surface area contributed by atoms with Gasteiger partial charge in [0.15, 0.2) is 0 Å². The molecule has 1 aromatic heterocycles. The van der Waals surface area contributed by atoms with Crippen LogP contribution in [0.1, 0.15) is 32.4 Å². The van der Waals surface area contributed by atoms with E-state index in [0.29, 0.717) is 6.04 Å². The third-order valence-electron chi connectivity index (χ3n) is 3.44. The highest BCUT2D eigenvalue weighted by Gasteiger charge is 2.33. The van der Waals surface area contributed by atoms with E-state index < -0.39 is 0 Å². The van der Waals surface area contributed by atoms with Crippen molar-refractivity contribution in [2.75, 3.05) is 26.2 Å². The monoisotopic (exact) mass is 339 g/mol. The molecular weight excluding hydrogens is 317 g/mol. The maximum atomic E-state index is 6.34. The van der Waals surface area contributed by atoms with Crippen LogP contribution in [0, 0.1) is 5.41 Å². The average molecular weight is 341 g/mol. The molecular formula is C14H24Cl3N3. The van der Waals surface area contributed by atoms with Crippen LogP contribution in [0.5, 0.6) is 0 Å². The van der Waals surface area contributed by atoms with Gasteiger partial charge in [0, 0.05) is 44.6 Å². The van der Waals surface area contributed by atoms with Crippen molar-refractivity contribution < 1.29 is 0 Å². The second-order valence-corrected chi connectivity index (χ2v) is 6.36. The van der Waals surface area contributed by atoms with Gasteiger partial charge in [-0.25, -0.2) is 0 Å². The van der Waals surface area contributed by atoms with Gasteiger partial charge in [-0.2, -0.15) is 0 Å². The first kappa shape index (κ1) is 19.9. The minimum absolute atomic E-state index is 0. The third kappa shape index (κ3) is 4.74. The van der Waals surface area contributed by atoms with Crippen molar-refractivity contribution in [3.8, 4) is 0 Å². The number of nitrogens with zero attached hydrogens (tertiary/aromatic N) is 2. The van der Waals surface area contributed by atoms with E-state index in [4.69, 9.17) is 11.6 Å². The van der Waals surface area contributed by atoms with Crippen LogP contribution in [0.25, 0.3) is 0 Å². The second kappa shape index (κ2) is 8.40. The van der Waals surface area contributed by atoms with Gasteiger partial charge in [-0.1, -0.05) is 32.4 Å². The van der Waals surface area contributed by atoms with Gasteiger partial charge in [-0.3, -0.25) is 9.88 Å². The Labute approximate surface area is 139 Å². The Balaban J connectivity index is 0.00000180. The van der Waals surface area contributed by atoms with Crippen molar-refractivity contribution in [2.45, 2.75) is 26.8 Å². The average Bonchev–Trinajstić information content (AvgIpc) is 2.32. The summed E-state index contributed by atoms with van der Waals surface area (Å²) in [5.41, 5.74) is 1.35. The lowest BCUT2D eigenvalue weighted by Crippen LogP contribution is -2.48. The Morgan fingerprint density at radius 2 is 1.85 bits per heavy atom. The molecule has 116 valence electrons. The van der Waals surface area contributed by atoms with E-state index in [1.54, 1.807) is 6.20 Å². The first-order chi connectivity index (χ1) is 8.50. The second-order valence-electron chi connectivity index (χ2n) is 5.95. The van der Waals surface area contributed by atoms with Crippen molar-refractivity contribution in [3.05, 3.63) is 29.0 Å². The largest absolute Gasteiger partial charge is 0.314 e. The molecule has 0 bridgehead atoms. The summed E-state index contributed by atoms with van der Waals surface area (Å²) in [7, 11) is 0. The fourth-order valence-corrected chi connectivity index (χ4v) is 2.98. The molecule has 1 aromatic rings. The van der Waals surface area contributed by atoms with Gasteiger partial charge >= 0.3 is 0 Å². The van der Waals surface area contributed by atoms with E-state index in [1.165, 1.54) is 5.56 Å². The summed E-state index contributed by atoms with van der Waals surface area (Å²) in [5, 5.41) is 4.17. The molecule has 0 aliphatic carbocycles. The van der Waals surface area contributed by atoms with E-state index in [1.807, 2.05) is 6.20 Å². The lowest BCUT2D eigenvalue weighted by atomic mass is 9.81. The Morgan fingerprint density at radius 1 is 1.25 bits per heavy atom. The zero-order valence-corrected chi connectivity index (χ0v) is 14.6. The Kier molecular flexibility index (Phi) is 8.37. The number of piperazine rings is 1. The summed E-state index contributed by atoms with van der Waals surface area (Å²) in [6, 6.07) is 2.40. The summed E-state index contributed by atoms with van der Waals surface area (Å²) in [6.07, 6.45) is 3.58. The Hall–Kier alpha value is -0.0600. The summed E-state index contributed by atoms with van der Waals surface area (Å²) in [6.45, 7) is 11.1. The van der Waals surface area contributed by atoms with Crippen LogP contribution < -0.4 is 5.32 Å². The van der Waals surface area contributed by atoms with Crippen LogP contribution in [0.15, 0.2) is 18.5 Å². The molecule has 0 amide bonds. The van der Waals surface area contributed by atoms with E-state index in [0.717, 1.165) is 31.2 Å². The van der Waals surface area contributed by atoms with E-state index in [2.05, 4.69) is 42.0 Å². The molecule has 1 atom stereocenters. The Bertz CT molecular complexity index is 401. The summed E-state index contributed by atoms with van der Waals surface area (Å²) >= 11 is 6.34. The Morgan fingerprint density at radius 3 is 2.35 bits per heavy atom. The minimum Gasteiger partial charge on any atom is -0.314 e. The number of pyridine rings is 1. The molecule has 1 N–H and O–H groups in total. The van der Waals surface area contributed by atoms with Crippen LogP contribution in [-0.4, -0.2) is 36.1 Å². The van der Waals surface area contributed by atoms with Crippen molar-refractivity contribution >= 4 is 36.4 Å².